The smallest absolute Gasteiger partial charge is 0.253 e. The van der Waals surface area contributed by atoms with Crippen molar-refractivity contribution in [3.63, 3.8) is 0 Å². The minimum Gasteiger partial charge on any atom is -0.497 e. The summed E-state index contributed by atoms with van der Waals surface area (Å²) in [5, 5.41) is 0. The second-order valence-electron chi connectivity index (χ2n) is 8.30. The number of nitrogens with zero attached hydrogens (tertiary/aromatic N) is 4. The van der Waals surface area contributed by atoms with Crippen molar-refractivity contribution in [2.75, 3.05) is 38.2 Å². The molecule has 0 unspecified atom stereocenters. The molecule has 0 spiro atoms. The highest BCUT2D eigenvalue weighted by molar-refractivity contribution is 6.19. The third kappa shape index (κ3) is 4.19. The zero-order valence-electron chi connectivity index (χ0n) is 18.4. The summed E-state index contributed by atoms with van der Waals surface area (Å²) in [6.45, 7) is 3.43. The van der Waals surface area contributed by atoms with Crippen LogP contribution in [0.5, 0.6) is 5.75 Å². The zero-order valence-corrected chi connectivity index (χ0v) is 18.4. The lowest BCUT2D eigenvalue weighted by Crippen LogP contribution is -2.48. The van der Waals surface area contributed by atoms with Crippen LogP contribution in [0.3, 0.4) is 0 Å². The van der Waals surface area contributed by atoms with E-state index in [1.54, 1.807) is 31.4 Å². The van der Waals surface area contributed by atoms with Crippen molar-refractivity contribution in [1.29, 1.82) is 0 Å². The van der Waals surface area contributed by atoms with Crippen LogP contribution in [0.2, 0.25) is 0 Å². The van der Waals surface area contributed by atoms with Crippen molar-refractivity contribution in [3.05, 3.63) is 53.9 Å². The van der Waals surface area contributed by atoms with E-state index in [0.717, 1.165) is 35.7 Å². The first-order valence-corrected chi connectivity index (χ1v) is 11.0. The lowest BCUT2D eigenvalue weighted by Gasteiger charge is -2.34. The van der Waals surface area contributed by atoms with Gasteiger partial charge in [0.1, 0.15) is 11.6 Å². The van der Waals surface area contributed by atoms with E-state index in [-0.39, 0.29) is 30.6 Å². The maximum atomic E-state index is 12.9. The summed E-state index contributed by atoms with van der Waals surface area (Å²) >= 11 is 0. The highest BCUT2D eigenvalue weighted by atomic mass is 16.5. The molecule has 9 heteroatoms. The molecule has 3 aromatic rings. The lowest BCUT2D eigenvalue weighted by atomic mass is 10.1. The number of ether oxygens (including phenoxy) is 1. The van der Waals surface area contributed by atoms with Gasteiger partial charge in [-0.3, -0.25) is 24.2 Å². The Morgan fingerprint density at radius 1 is 1.00 bits per heavy atom. The fourth-order valence-corrected chi connectivity index (χ4v) is 4.36. The Morgan fingerprint density at radius 2 is 1.70 bits per heavy atom. The van der Waals surface area contributed by atoms with Gasteiger partial charge in [0.15, 0.2) is 0 Å². The Bertz CT molecular complexity index is 1200. The van der Waals surface area contributed by atoms with Crippen LogP contribution in [0.1, 0.15) is 29.0 Å². The van der Waals surface area contributed by atoms with Gasteiger partial charge in [-0.1, -0.05) is 0 Å². The predicted molar refractivity (Wildman–Crippen MR) is 122 cm³/mol. The Balaban J connectivity index is 1.18. The van der Waals surface area contributed by atoms with Crippen LogP contribution in [-0.4, -0.2) is 70.8 Å². The van der Waals surface area contributed by atoms with E-state index >= 15 is 0 Å². The molecule has 9 nitrogen and oxygen atoms in total. The molecule has 2 saturated heterocycles. The van der Waals surface area contributed by atoms with E-state index < -0.39 is 0 Å². The number of imidazole rings is 1. The number of anilines is 1. The molecule has 2 fully saturated rings. The molecule has 5 rings (SSSR count). The van der Waals surface area contributed by atoms with Gasteiger partial charge in [-0.2, -0.15) is 0 Å². The second kappa shape index (κ2) is 8.67. The molecule has 0 aliphatic carbocycles. The largest absolute Gasteiger partial charge is 0.497 e. The summed E-state index contributed by atoms with van der Waals surface area (Å²) in [7, 11) is 1.64. The van der Waals surface area contributed by atoms with E-state index in [0.29, 0.717) is 30.9 Å². The number of imide groups is 1. The average Bonchev–Trinajstić information content (AvgIpc) is 3.40. The molecule has 2 aliphatic rings. The molecule has 0 atom stereocenters. The summed E-state index contributed by atoms with van der Waals surface area (Å²) < 4.78 is 5.27. The number of carbonyl (C=O) groups is 3. The van der Waals surface area contributed by atoms with Gasteiger partial charge < -0.3 is 14.6 Å². The van der Waals surface area contributed by atoms with Gasteiger partial charge in [0, 0.05) is 50.7 Å². The van der Waals surface area contributed by atoms with E-state index in [1.807, 2.05) is 23.1 Å². The van der Waals surface area contributed by atoms with Crippen molar-refractivity contribution in [1.82, 2.24) is 19.8 Å². The molecule has 2 aliphatic heterocycles. The van der Waals surface area contributed by atoms with Gasteiger partial charge in [-0.25, -0.2) is 4.98 Å². The number of aromatic amines is 1. The topological polar surface area (TPSA) is 98.8 Å². The molecule has 1 aromatic heterocycles. The average molecular weight is 447 g/mol. The highest BCUT2D eigenvalue weighted by Gasteiger charge is 2.30. The molecular formula is C24H25N5O4. The molecule has 3 heterocycles. The van der Waals surface area contributed by atoms with E-state index in [2.05, 4.69) is 14.9 Å². The minimum atomic E-state index is -0.196. The van der Waals surface area contributed by atoms with Crippen LogP contribution in [-0.2, 0) is 16.1 Å². The van der Waals surface area contributed by atoms with Crippen LogP contribution in [0, 0.1) is 0 Å². The number of benzene rings is 2. The van der Waals surface area contributed by atoms with E-state index in [1.165, 1.54) is 4.90 Å². The fraction of sp³-hybridized carbons (Fsp3) is 0.333. The SMILES string of the molecule is COc1ccc2nc(CN3CCN(C(=O)c4ccc(N5C(=O)CCC5=O)cc4)CC3)[nH]c2c1. The van der Waals surface area contributed by atoms with Gasteiger partial charge in [0.25, 0.3) is 5.91 Å². The molecule has 33 heavy (non-hydrogen) atoms. The first-order valence-electron chi connectivity index (χ1n) is 11.0. The maximum Gasteiger partial charge on any atom is 0.253 e. The monoisotopic (exact) mass is 447 g/mol. The third-order valence-electron chi connectivity index (χ3n) is 6.19. The van der Waals surface area contributed by atoms with Gasteiger partial charge in [-0.05, 0) is 36.4 Å². The van der Waals surface area contributed by atoms with Crippen LogP contribution in [0.25, 0.3) is 11.0 Å². The van der Waals surface area contributed by atoms with Gasteiger partial charge >= 0.3 is 0 Å². The van der Waals surface area contributed by atoms with Crippen molar-refractivity contribution in [2.45, 2.75) is 19.4 Å². The molecule has 170 valence electrons. The Labute approximate surface area is 190 Å². The van der Waals surface area contributed by atoms with Crippen LogP contribution in [0.15, 0.2) is 42.5 Å². The Hall–Kier alpha value is -3.72. The summed E-state index contributed by atoms with van der Waals surface area (Å²) in [4.78, 5) is 50.0. The molecule has 0 bridgehead atoms. The number of methoxy groups -OCH3 is 1. The number of aromatic nitrogens is 2. The summed E-state index contributed by atoms with van der Waals surface area (Å²) in [5.74, 6) is 1.24. The standard InChI is InChI=1S/C24H25N5O4/c1-33-18-6-7-19-20(14-18)26-21(25-19)15-27-10-12-28(13-11-27)24(32)16-2-4-17(5-3-16)29-22(30)8-9-23(29)31/h2-7,14H,8-13,15H2,1H3,(H,25,26). The van der Waals surface area contributed by atoms with Crippen molar-refractivity contribution in [2.24, 2.45) is 0 Å². The Kier molecular flexibility index (Phi) is 5.55. The molecule has 0 saturated carbocycles. The third-order valence-corrected chi connectivity index (χ3v) is 6.19. The number of piperazine rings is 1. The highest BCUT2D eigenvalue weighted by Crippen LogP contribution is 2.24. The van der Waals surface area contributed by atoms with Crippen LogP contribution >= 0.6 is 0 Å². The number of hydrogen-bond acceptors (Lipinski definition) is 6. The van der Waals surface area contributed by atoms with Gasteiger partial charge in [0.05, 0.1) is 30.4 Å². The number of hydrogen-bond donors (Lipinski definition) is 1. The molecule has 3 amide bonds. The number of nitrogens with one attached hydrogen (secondary N) is 1. The van der Waals surface area contributed by atoms with Crippen LogP contribution < -0.4 is 9.64 Å². The fourth-order valence-electron chi connectivity index (χ4n) is 4.36. The van der Waals surface area contributed by atoms with E-state index in [9.17, 15) is 14.4 Å². The van der Waals surface area contributed by atoms with Crippen molar-refractivity contribution in [3.8, 4) is 5.75 Å². The maximum absolute atomic E-state index is 12.9. The number of amides is 3. The normalized spacial score (nSPS) is 17.2. The predicted octanol–water partition coefficient (Wildman–Crippen LogP) is 2.18. The number of fused-ring (bicyclic) bond motifs is 1. The van der Waals surface area contributed by atoms with Gasteiger partial charge in [0.2, 0.25) is 11.8 Å². The van der Waals surface area contributed by atoms with Crippen molar-refractivity contribution < 1.29 is 19.1 Å². The summed E-state index contributed by atoms with van der Waals surface area (Å²) in [6, 6.07) is 12.5. The number of rotatable bonds is 5. The molecule has 1 N–H and O–H groups in total. The first kappa shape index (κ1) is 21.1. The number of carbonyl (C=O) groups excluding carboxylic acids is 3. The second-order valence-corrected chi connectivity index (χ2v) is 8.30. The molecular weight excluding hydrogens is 422 g/mol. The van der Waals surface area contributed by atoms with Gasteiger partial charge in [-0.15, -0.1) is 0 Å². The quantitative estimate of drug-likeness (QED) is 0.602. The number of H-pyrrole nitrogens is 1. The van der Waals surface area contributed by atoms with Crippen LogP contribution in [0.4, 0.5) is 5.69 Å². The molecule has 0 radical (unpaired) electrons. The summed E-state index contributed by atoms with van der Waals surface area (Å²) in [5.41, 5.74) is 2.92. The zero-order chi connectivity index (χ0) is 22.9. The summed E-state index contributed by atoms with van der Waals surface area (Å²) in [6.07, 6.45) is 0.484. The van der Waals surface area contributed by atoms with Crippen molar-refractivity contribution >= 4 is 34.4 Å². The lowest BCUT2D eigenvalue weighted by molar-refractivity contribution is -0.121. The first-order chi connectivity index (χ1) is 16.0. The molecule has 2 aromatic carbocycles. The van der Waals surface area contributed by atoms with E-state index in [4.69, 9.17) is 4.74 Å². The minimum absolute atomic E-state index is 0.0453. The Morgan fingerprint density at radius 3 is 2.36 bits per heavy atom.